The summed E-state index contributed by atoms with van der Waals surface area (Å²) in [6.45, 7) is 10.8. The summed E-state index contributed by atoms with van der Waals surface area (Å²) < 4.78 is 5.73. The van der Waals surface area contributed by atoms with E-state index < -0.39 is 0 Å². The first-order valence-electron chi connectivity index (χ1n) is 6.58. The van der Waals surface area contributed by atoms with Crippen molar-refractivity contribution in [3.63, 3.8) is 0 Å². The molecular weight excluding hydrogens is 226 g/mol. The lowest BCUT2D eigenvalue weighted by Crippen LogP contribution is -2.39. The van der Waals surface area contributed by atoms with E-state index in [1.54, 1.807) is 6.20 Å². The maximum absolute atomic E-state index is 5.73. The van der Waals surface area contributed by atoms with E-state index in [9.17, 15) is 0 Å². The molecule has 0 amide bonds. The van der Waals surface area contributed by atoms with Crippen LogP contribution in [-0.2, 0) is 6.54 Å². The number of nitrogens with two attached hydrogens (primary N) is 1. The molecule has 0 saturated heterocycles. The zero-order valence-corrected chi connectivity index (χ0v) is 11.9. The molecule has 0 unspecified atom stereocenters. The van der Waals surface area contributed by atoms with Gasteiger partial charge in [-0.15, -0.1) is 0 Å². The van der Waals surface area contributed by atoms with Crippen molar-refractivity contribution in [1.29, 1.82) is 0 Å². The van der Waals surface area contributed by atoms with Crippen LogP contribution in [0.25, 0.3) is 0 Å². The predicted octanol–water partition coefficient (Wildman–Crippen LogP) is 2.04. The van der Waals surface area contributed by atoms with Crippen molar-refractivity contribution in [1.82, 2.24) is 9.88 Å². The lowest BCUT2D eigenvalue weighted by molar-refractivity contribution is 0.139. The fourth-order valence-electron chi connectivity index (χ4n) is 2.07. The van der Waals surface area contributed by atoms with Crippen LogP contribution in [0.2, 0.25) is 0 Å². The van der Waals surface area contributed by atoms with Crippen LogP contribution >= 0.6 is 0 Å². The van der Waals surface area contributed by atoms with Gasteiger partial charge in [-0.05, 0) is 33.8 Å². The molecule has 0 saturated carbocycles. The Balaban J connectivity index is 2.50. The molecule has 0 fully saturated rings. The Labute approximate surface area is 110 Å². The third kappa shape index (κ3) is 4.27. The van der Waals surface area contributed by atoms with E-state index in [0.29, 0.717) is 31.1 Å². The van der Waals surface area contributed by atoms with Crippen molar-refractivity contribution in [3.05, 3.63) is 23.9 Å². The summed E-state index contributed by atoms with van der Waals surface area (Å²) in [6, 6.07) is 4.87. The number of pyridine rings is 1. The van der Waals surface area contributed by atoms with E-state index in [1.807, 2.05) is 12.1 Å². The van der Waals surface area contributed by atoms with Crippen LogP contribution in [0.4, 0.5) is 0 Å². The van der Waals surface area contributed by atoms with Crippen LogP contribution < -0.4 is 10.5 Å². The van der Waals surface area contributed by atoms with Gasteiger partial charge in [0.2, 0.25) is 5.88 Å². The highest BCUT2D eigenvalue weighted by atomic mass is 16.5. The Bertz CT molecular complexity index is 345. The van der Waals surface area contributed by atoms with E-state index in [1.165, 1.54) is 0 Å². The Morgan fingerprint density at radius 3 is 2.50 bits per heavy atom. The van der Waals surface area contributed by atoms with Crippen molar-refractivity contribution in [2.75, 3.05) is 13.2 Å². The third-order valence-corrected chi connectivity index (χ3v) is 2.98. The van der Waals surface area contributed by atoms with Crippen LogP contribution in [-0.4, -0.2) is 35.1 Å². The molecule has 1 heterocycles. The Kier molecular flexibility index (Phi) is 6.09. The Morgan fingerprint density at radius 2 is 1.94 bits per heavy atom. The summed E-state index contributed by atoms with van der Waals surface area (Å²) in [6.07, 6.45) is 1.73. The quantitative estimate of drug-likeness (QED) is 0.805. The van der Waals surface area contributed by atoms with Crippen LogP contribution in [0.15, 0.2) is 18.3 Å². The molecule has 0 aliphatic rings. The number of nitrogens with zero attached hydrogens (tertiary/aromatic N) is 2. The van der Waals surface area contributed by atoms with Gasteiger partial charge in [-0.1, -0.05) is 6.07 Å². The van der Waals surface area contributed by atoms with Crippen LogP contribution in [0.5, 0.6) is 5.88 Å². The fraction of sp³-hybridized carbons (Fsp3) is 0.643. The summed E-state index contributed by atoms with van der Waals surface area (Å²) >= 11 is 0. The van der Waals surface area contributed by atoms with Gasteiger partial charge < -0.3 is 10.5 Å². The molecule has 102 valence electrons. The van der Waals surface area contributed by atoms with Gasteiger partial charge in [0.1, 0.15) is 6.61 Å². The highest BCUT2D eigenvalue weighted by Crippen LogP contribution is 2.13. The first-order chi connectivity index (χ1) is 8.56. The average Bonchev–Trinajstić information content (AvgIpc) is 2.34. The second kappa shape index (κ2) is 7.34. The maximum atomic E-state index is 5.73. The van der Waals surface area contributed by atoms with E-state index in [-0.39, 0.29) is 0 Å². The van der Waals surface area contributed by atoms with Crippen molar-refractivity contribution < 1.29 is 4.74 Å². The lowest BCUT2D eigenvalue weighted by Gasteiger charge is -2.30. The fourth-order valence-corrected chi connectivity index (χ4v) is 2.07. The van der Waals surface area contributed by atoms with Gasteiger partial charge in [0.15, 0.2) is 0 Å². The standard InChI is InChI=1S/C14H25N3O/c1-11(2)17(12(3)4)8-9-18-14-13(10-15)6-5-7-16-14/h5-7,11-12H,8-10,15H2,1-4H3. The minimum Gasteiger partial charge on any atom is -0.476 e. The Morgan fingerprint density at radius 1 is 1.28 bits per heavy atom. The summed E-state index contributed by atoms with van der Waals surface area (Å²) in [7, 11) is 0. The predicted molar refractivity (Wildman–Crippen MR) is 74.6 cm³/mol. The summed E-state index contributed by atoms with van der Waals surface area (Å²) in [5.74, 6) is 0.660. The topological polar surface area (TPSA) is 51.4 Å². The van der Waals surface area contributed by atoms with Gasteiger partial charge in [-0.2, -0.15) is 0 Å². The van der Waals surface area contributed by atoms with E-state index in [2.05, 4.69) is 37.6 Å². The normalized spacial score (nSPS) is 11.6. The van der Waals surface area contributed by atoms with Crippen LogP contribution in [0, 0.1) is 0 Å². The van der Waals surface area contributed by atoms with Crippen molar-refractivity contribution >= 4 is 0 Å². The first-order valence-corrected chi connectivity index (χ1v) is 6.58. The highest BCUT2D eigenvalue weighted by Gasteiger charge is 2.13. The number of hydrogen-bond acceptors (Lipinski definition) is 4. The monoisotopic (exact) mass is 251 g/mol. The van der Waals surface area contributed by atoms with Crippen LogP contribution in [0.3, 0.4) is 0 Å². The number of rotatable bonds is 7. The summed E-state index contributed by atoms with van der Waals surface area (Å²) in [4.78, 5) is 6.61. The largest absolute Gasteiger partial charge is 0.476 e. The maximum Gasteiger partial charge on any atom is 0.217 e. The summed E-state index contributed by atoms with van der Waals surface area (Å²) in [5.41, 5.74) is 6.60. The van der Waals surface area contributed by atoms with E-state index in [0.717, 1.165) is 12.1 Å². The van der Waals surface area contributed by atoms with Crippen LogP contribution in [0.1, 0.15) is 33.3 Å². The SMILES string of the molecule is CC(C)N(CCOc1ncccc1CN)C(C)C. The van der Waals surface area contributed by atoms with Gasteiger partial charge in [-0.3, -0.25) is 4.90 Å². The molecule has 4 nitrogen and oxygen atoms in total. The molecule has 1 aromatic heterocycles. The number of aromatic nitrogens is 1. The Hall–Kier alpha value is -1.13. The highest BCUT2D eigenvalue weighted by molar-refractivity contribution is 5.24. The molecule has 4 heteroatoms. The van der Waals surface area contributed by atoms with Gasteiger partial charge in [-0.25, -0.2) is 4.98 Å². The third-order valence-electron chi connectivity index (χ3n) is 2.98. The van der Waals surface area contributed by atoms with Gasteiger partial charge in [0.25, 0.3) is 0 Å². The summed E-state index contributed by atoms with van der Waals surface area (Å²) in [5, 5.41) is 0. The average molecular weight is 251 g/mol. The number of hydrogen-bond donors (Lipinski definition) is 1. The van der Waals surface area contributed by atoms with Crippen molar-refractivity contribution in [2.24, 2.45) is 5.73 Å². The zero-order valence-electron chi connectivity index (χ0n) is 11.9. The van der Waals surface area contributed by atoms with Crippen molar-refractivity contribution in [3.8, 4) is 5.88 Å². The first kappa shape index (κ1) is 14.9. The molecule has 1 aromatic rings. The molecule has 2 N–H and O–H groups in total. The number of ether oxygens (including phenoxy) is 1. The molecule has 0 spiro atoms. The van der Waals surface area contributed by atoms with Gasteiger partial charge in [0, 0.05) is 36.9 Å². The molecular formula is C14H25N3O. The molecule has 1 rings (SSSR count). The van der Waals surface area contributed by atoms with Crippen molar-refractivity contribution in [2.45, 2.75) is 46.3 Å². The minimum atomic E-state index is 0.460. The molecule has 0 bridgehead atoms. The van der Waals surface area contributed by atoms with Gasteiger partial charge in [0.05, 0.1) is 0 Å². The molecule has 0 radical (unpaired) electrons. The molecule has 0 aromatic carbocycles. The smallest absolute Gasteiger partial charge is 0.217 e. The molecule has 0 aliphatic carbocycles. The molecule has 0 atom stereocenters. The lowest BCUT2D eigenvalue weighted by atomic mass is 10.2. The minimum absolute atomic E-state index is 0.460. The zero-order chi connectivity index (χ0) is 13.5. The molecule has 0 aliphatic heterocycles. The van der Waals surface area contributed by atoms with Gasteiger partial charge >= 0.3 is 0 Å². The second-order valence-electron chi connectivity index (χ2n) is 4.95. The second-order valence-corrected chi connectivity index (χ2v) is 4.95. The molecule has 18 heavy (non-hydrogen) atoms. The van der Waals surface area contributed by atoms with E-state index in [4.69, 9.17) is 10.5 Å². The van der Waals surface area contributed by atoms with E-state index >= 15 is 0 Å².